The van der Waals surface area contributed by atoms with Gasteiger partial charge in [-0.25, -0.2) is 10.7 Å². The zero-order valence-electron chi connectivity index (χ0n) is 16.1. The van der Waals surface area contributed by atoms with Crippen molar-refractivity contribution in [3.63, 3.8) is 0 Å². The first-order chi connectivity index (χ1) is 13.8. The first-order valence-electron chi connectivity index (χ1n) is 9.18. The Bertz CT molecular complexity index is 970. The van der Waals surface area contributed by atoms with Gasteiger partial charge in [-0.3, -0.25) is 14.4 Å². The zero-order chi connectivity index (χ0) is 21.1. The minimum Gasteiger partial charge on any atom is -0.483 e. The van der Waals surface area contributed by atoms with Crippen LogP contribution in [-0.4, -0.2) is 34.2 Å². The highest BCUT2D eigenvalue weighted by Gasteiger charge is 2.37. The molecule has 0 spiro atoms. The number of nitrogens with zero attached hydrogens (tertiary/aromatic N) is 1. The van der Waals surface area contributed by atoms with E-state index in [2.05, 4.69) is 5.32 Å². The van der Waals surface area contributed by atoms with Gasteiger partial charge in [0.25, 0.3) is 5.91 Å². The van der Waals surface area contributed by atoms with Crippen molar-refractivity contribution >= 4 is 11.9 Å². The van der Waals surface area contributed by atoms with E-state index in [4.69, 9.17) is 15.5 Å². The Morgan fingerprint density at radius 3 is 2.59 bits per heavy atom. The smallest absolute Gasteiger partial charge is 0.341 e. The summed E-state index contributed by atoms with van der Waals surface area (Å²) in [5, 5.41) is 12.2. The van der Waals surface area contributed by atoms with Crippen molar-refractivity contribution in [2.45, 2.75) is 32.6 Å². The highest BCUT2D eigenvalue weighted by Crippen LogP contribution is 2.29. The van der Waals surface area contributed by atoms with Crippen LogP contribution in [0.15, 0.2) is 41.3 Å². The molecule has 0 fully saturated rings. The van der Waals surface area contributed by atoms with Crippen LogP contribution in [0, 0.1) is 5.92 Å². The Kier molecular flexibility index (Phi) is 6.00. The second-order valence-electron chi connectivity index (χ2n) is 7.16. The molecule has 1 aromatic carbocycles. The van der Waals surface area contributed by atoms with Crippen molar-refractivity contribution < 1.29 is 24.3 Å². The second kappa shape index (κ2) is 8.46. The van der Waals surface area contributed by atoms with E-state index in [9.17, 15) is 19.5 Å². The minimum absolute atomic E-state index is 0.00506. The van der Waals surface area contributed by atoms with Gasteiger partial charge in [-0.15, -0.1) is 0 Å². The van der Waals surface area contributed by atoms with Crippen LogP contribution < -0.4 is 21.4 Å². The molecule has 1 amide bonds. The molecular formula is C20H23N3O6. The van der Waals surface area contributed by atoms with Gasteiger partial charge in [-0.1, -0.05) is 44.2 Å². The maximum absolute atomic E-state index is 12.8. The number of ether oxygens (including phenoxy) is 1. The molecule has 1 aliphatic heterocycles. The van der Waals surface area contributed by atoms with E-state index in [1.807, 2.05) is 32.0 Å². The van der Waals surface area contributed by atoms with E-state index in [1.165, 1.54) is 4.57 Å². The summed E-state index contributed by atoms with van der Waals surface area (Å²) in [5.41, 5.74) is -0.624. The Labute approximate surface area is 167 Å². The number of nitrogens with one attached hydrogen (secondary N) is 1. The van der Waals surface area contributed by atoms with Crippen molar-refractivity contribution in [3.05, 3.63) is 63.6 Å². The van der Waals surface area contributed by atoms with Crippen molar-refractivity contribution in [2.75, 3.05) is 6.54 Å². The predicted octanol–water partition coefficient (Wildman–Crippen LogP) is 1.32. The molecular weight excluding hydrogens is 378 g/mol. The van der Waals surface area contributed by atoms with E-state index in [0.29, 0.717) is 0 Å². The SMILES string of the molecule is CC(C)C(ON)[C@H]1CNC(=O)c2c(OCc3ccccc3)c(=O)c(C(=O)O)cn21. The highest BCUT2D eigenvalue weighted by molar-refractivity contribution is 5.97. The average molecular weight is 401 g/mol. The summed E-state index contributed by atoms with van der Waals surface area (Å²) in [6.45, 7) is 3.96. The van der Waals surface area contributed by atoms with Crippen LogP contribution in [0.3, 0.4) is 0 Å². The number of nitrogens with two attached hydrogens (primary N) is 1. The molecule has 0 saturated carbocycles. The molecule has 2 heterocycles. The molecule has 0 aliphatic carbocycles. The highest BCUT2D eigenvalue weighted by atomic mass is 16.6. The lowest BCUT2D eigenvalue weighted by atomic mass is 9.96. The lowest BCUT2D eigenvalue weighted by molar-refractivity contribution is -0.0175. The molecule has 1 aliphatic rings. The minimum atomic E-state index is -1.41. The summed E-state index contributed by atoms with van der Waals surface area (Å²) >= 11 is 0. The molecule has 0 radical (unpaired) electrons. The quantitative estimate of drug-likeness (QED) is 0.596. The van der Waals surface area contributed by atoms with Crippen LogP contribution in [0.25, 0.3) is 0 Å². The lowest BCUT2D eigenvalue weighted by Crippen LogP contribution is -2.48. The number of carboxylic acid groups (broad SMARTS) is 1. The Morgan fingerprint density at radius 2 is 2.00 bits per heavy atom. The number of rotatable bonds is 7. The van der Waals surface area contributed by atoms with Crippen LogP contribution in [-0.2, 0) is 11.4 Å². The molecule has 2 atom stereocenters. The average Bonchev–Trinajstić information content (AvgIpc) is 2.69. The third-order valence-electron chi connectivity index (χ3n) is 4.89. The van der Waals surface area contributed by atoms with Gasteiger partial charge in [0.15, 0.2) is 11.4 Å². The van der Waals surface area contributed by atoms with Crippen molar-refractivity contribution in [1.82, 2.24) is 9.88 Å². The van der Waals surface area contributed by atoms with Gasteiger partial charge < -0.3 is 19.7 Å². The fourth-order valence-electron chi connectivity index (χ4n) is 3.45. The molecule has 1 unspecified atom stereocenters. The number of pyridine rings is 1. The number of hydrogen-bond donors (Lipinski definition) is 3. The van der Waals surface area contributed by atoms with E-state index in [-0.39, 0.29) is 30.5 Å². The number of hydrogen-bond acceptors (Lipinski definition) is 6. The van der Waals surface area contributed by atoms with Crippen LogP contribution in [0.5, 0.6) is 5.75 Å². The number of carboxylic acids is 1. The van der Waals surface area contributed by atoms with Crippen molar-refractivity contribution in [3.8, 4) is 5.75 Å². The molecule has 4 N–H and O–H groups in total. The first-order valence-corrected chi connectivity index (χ1v) is 9.18. The number of aromatic carboxylic acids is 1. The summed E-state index contributed by atoms with van der Waals surface area (Å²) in [7, 11) is 0. The van der Waals surface area contributed by atoms with Crippen LogP contribution in [0.4, 0.5) is 0 Å². The zero-order valence-corrected chi connectivity index (χ0v) is 16.1. The lowest BCUT2D eigenvalue weighted by Gasteiger charge is -2.35. The van der Waals surface area contributed by atoms with Crippen LogP contribution in [0.1, 0.15) is 46.3 Å². The maximum Gasteiger partial charge on any atom is 0.341 e. The van der Waals surface area contributed by atoms with Gasteiger partial charge in [-0.2, -0.15) is 0 Å². The molecule has 2 aromatic rings. The van der Waals surface area contributed by atoms with Gasteiger partial charge in [0.1, 0.15) is 18.3 Å². The van der Waals surface area contributed by atoms with Gasteiger partial charge in [0, 0.05) is 12.7 Å². The Balaban J connectivity index is 2.14. The number of benzene rings is 1. The Hall–Kier alpha value is -3.17. The predicted molar refractivity (Wildman–Crippen MR) is 104 cm³/mol. The Morgan fingerprint density at radius 1 is 1.31 bits per heavy atom. The molecule has 154 valence electrons. The summed E-state index contributed by atoms with van der Waals surface area (Å²) in [4.78, 5) is 42.2. The van der Waals surface area contributed by atoms with Crippen molar-refractivity contribution in [1.29, 1.82) is 0 Å². The topological polar surface area (TPSA) is 133 Å². The summed E-state index contributed by atoms with van der Waals surface area (Å²) in [5.74, 6) is 3.18. The van der Waals surface area contributed by atoms with Crippen LogP contribution >= 0.6 is 0 Å². The molecule has 0 bridgehead atoms. The monoisotopic (exact) mass is 401 g/mol. The fourth-order valence-corrected chi connectivity index (χ4v) is 3.45. The van der Waals surface area contributed by atoms with E-state index < -0.39 is 35.0 Å². The molecule has 0 saturated heterocycles. The van der Waals surface area contributed by atoms with Crippen LogP contribution in [0.2, 0.25) is 0 Å². The van der Waals surface area contributed by atoms with E-state index in [1.54, 1.807) is 12.1 Å². The molecule has 1 aromatic heterocycles. The number of amides is 1. The molecule has 3 rings (SSSR count). The summed E-state index contributed by atoms with van der Waals surface area (Å²) in [6, 6.07) is 8.54. The summed E-state index contributed by atoms with van der Waals surface area (Å²) < 4.78 is 7.11. The van der Waals surface area contributed by atoms with E-state index in [0.717, 1.165) is 11.8 Å². The first kappa shape index (κ1) is 20.6. The summed E-state index contributed by atoms with van der Waals surface area (Å²) in [6.07, 6.45) is 0.633. The molecule has 9 heteroatoms. The molecule has 29 heavy (non-hydrogen) atoms. The molecule has 9 nitrogen and oxygen atoms in total. The van der Waals surface area contributed by atoms with Crippen molar-refractivity contribution in [2.24, 2.45) is 11.8 Å². The second-order valence-corrected chi connectivity index (χ2v) is 7.16. The van der Waals surface area contributed by atoms with Gasteiger partial charge >= 0.3 is 5.97 Å². The largest absolute Gasteiger partial charge is 0.483 e. The van der Waals surface area contributed by atoms with E-state index >= 15 is 0 Å². The van der Waals surface area contributed by atoms with Gasteiger partial charge in [0.05, 0.1) is 6.04 Å². The fraction of sp³-hybridized carbons (Fsp3) is 0.350. The third kappa shape index (κ3) is 4.01. The number of aromatic nitrogens is 1. The van der Waals surface area contributed by atoms with Gasteiger partial charge in [0.2, 0.25) is 5.43 Å². The van der Waals surface area contributed by atoms with Gasteiger partial charge in [-0.05, 0) is 11.5 Å². The number of carbonyl (C=O) groups excluding carboxylic acids is 1. The number of carbonyl (C=O) groups is 2. The third-order valence-corrected chi connectivity index (χ3v) is 4.89. The standard InChI is InChI=1S/C20H23N3O6/c1-11(2)17(29-21)14-8-22-19(25)15-18(28-10-12-6-4-3-5-7-12)16(24)13(20(26)27)9-23(14)15/h3-7,9,11,14,17H,8,10,21H2,1-2H3,(H,22,25)(H,26,27)/t14-,17?/m1/s1. The number of fused-ring (bicyclic) bond motifs is 1. The normalized spacial score (nSPS) is 16.8. The maximum atomic E-state index is 12.8.